The SMILES string of the molecule is [B-][NH+](C)C(CNC(=O)OCc1ccccc1)CNC(=O)OCc1ccccc1. The van der Waals surface area contributed by atoms with Crippen LogP contribution in [0.3, 0.4) is 0 Å². The fourth-order valence-corrected chi connectivity index (χ4v) is 2.36. The molecule has 0 heterocycles. The number of quaternary nitrogens is 1. The average molecular weight is 382 g/mol. The largest absolute Gasteiger partial charge is 0.595 e. The molecule has 0 aliphatic heterocycles. The van der Waals surface area contributed by atoms with Gasteiger partial charge in [0, 0.05) is 7.05 Å². The van der Waals surface area contributed by atoms with Gasteiger partial charge in [-0.15, -0.1) is 0 Å². The van der Waals surface area contributed by atoms with Gasteiger partial charge in [0.1, 0.15) is 13.2 Å². The van der Waals surface area contributed by atoms with Gasteiger partial charge in [-0.05, 0) is 11.1 Å². The number of alkyl carbamates (subject to hydrolysis) is 2. The standard InChI is InChI=1S/C20H24BN3O4/c1-24(21)18(12-22-19(25)27-14-16-8-4-2-5-9-16)13-23-20(26)28-15-17-10-6-3-7-11-17/h2-11,18,24H,12-15H2,1H3,(H-,22,23,25,26)/q-1/p+1. The van der Waals surface area contributed by atoms with E-state index in [0.29, 0.717) is 4.81 Å². The second-order valence-electron chi connectivity index (χ2n) is 6.33. The zero-order chi connectivity index (χ0) is 20.2. The van der Waals surface area contributed by atoms with Gasteiger partial charge in [0.15, 0.2) is 0 Å². The molecular formula is C20H25BN3O4. The van der Waals surface area contributed by atoms with Gasteiger partial charge < -0.3 is 24.9 Å². The van der Waals surface area contributed by atoms with Crippen molar-refractivity contribution in [1.82, 2.24) is 10.6 Å². The number of hydrogen-bond donors (Lipinski definition) is 3. The molecule has 2 aromatic rings. The van der Waals surface area contributed by atoms with Crippen molar-refractivity contribution in [3.05, 3.63) is 71.8 Å². The lowest BCUT2D eigenvalue weighted by atomic mass is 10.2. The first kappa shape index (κ1) is 21.3. The molecule has 0 aliphatic rings. The van der Waals surface area contributed by atoms with E-state index in [4.69, 9.17) is 17.5 Å². The molecule has 3 radical (unpaired) electrons. The third-order valence-corrected chi connectivity index (χ3v) is 4.06. The zero-order valence-corrected chi connectivity index (χ0v) is 15.9. The second kappa shape index (κ2) is 11.7. The Bertz CT molecular complexity index is 669. The first-order chi connectivity index (χ1) is 13.5. The van der Waals surface area contributed by atoms with Crippen molar-refractivity contribution in [3.8, 4) is 0 Å². The normalized spacial score (nSPS) is 11.5. The molecule has 28 heavy (non-hydrogen) atoms. The van der Waals surface area contributed by atoms with Crippen molar-refractivity contribution in [2.24, 2.45) is 0 Å². The third kappa shape index (κ3) is 8.13. The molecule has 1 atom stereocenters. The number of ether oxygens (including phenoxy) is 2. The van der Waals surface area contributed by atoms with Crippen LogP contribution < -0.4 is 15.4 Å². The molecule has 2 amide bonds. The lowest BCUT2D eigenvalue weighted by Crippen LogP contribution is -3.13. The van der Waals surface area contributed by atoms with Gasteiger partial charge in [-0.3, -0.25) is 0 Å². The average Bonchev–Trinajstić information content (AvgIpc) is 2.72. The Labute approximate surface area is 166 Å². The molecule has 2 rings (SSSR count). The molecule has 3 N–H and O–H groups in total. The minimum absolute atomic E-state index is 0.187. The molecule has 0 spiro atoms. The molecule has 0 saturated carbocycles. The quantitative estimate of drug-likeness (QED) is 0.561. The summed E-state index contributed by atoms with van der Waals surface area (Å²) in [6, 6.07) is 18.6. The molecule has 1 unspecified atom stereocenters. The summed E-state index contributed by atoms with van der Waals surface area (Å²) in [6.07, 6.45) is -1.08. The summed E-state index contributed by atoms with van der Waals surface area (Å²) in [6.45, 7) is 0.864. The Morgan fingerprint density at radius 1 is 0.857 bits per heavy atom. The number of benzene rings is 2. The van der Waals surface area contributed by atoms with Crippen molar-refractivity contribution >= 4 is 20.2 Å². The summed E-state index contributed by atoms with van der Waals surface area (Å²) in [4.78, 5) is 24.3. The number of carbonyl (C=O) groups excluding carboxylic acids is 2. The van der Waals surface area contributed by atoms with Gasteiger partial charge in [0.05, 0.1) is 19.1 Å². The van der Waals surface area contributed by atoms with Gasteiger partial charge in [-0.2, -0.15) is 0 Å². The number of rotatable bonds is 9. The van der Waals surface area contributed by atoms with E-state index in [9.17, 15) is 9.59 Å². The fourth-order valence-electron chi connectivity index (χ4n) is 2.36. The first-order valence-corrected chi connectivity index (χ1v) is 9.02. The molecule has 8 heteroatoms. The molecule has 7 nitrogen and oxygen atoms in total. The van der Waals surface area contributed by atoms with E-state index < -0.39 is 12.2 Å². The highest BCUT2D eigenvalue weighted by atomic mass is 16.6. The van der Waals surface area contributed by atoms with E-state index >= 15 is 0 Å². The Balaban J connectivity index is 1.67. The van der Waals surface area contributed by atoms with E-state index in [1.165, 1.54) is 0 Å². The summed E-state index contributed by atoms with van der Waals surface area (Å²) in [7, 11) is 7.61. The van der Waals surface area contributed by atoms with Crippen LogP contribution in [0.4, 0.5) is 9.59 Å². The highest BCUT2D eigenvalue weighted by Crippen LogP contribution is 2.01. The molecule has 0 saturated heterocycles. The minimum Gasteiger partial charge on any atom is -0.595 e. The minimum atomic E-state index is -0.540. The van der Waals surface area contributed by atoms with Crippen LogP contribution in [0.5, 0.6) is 0 Å². The highest BCUT2D eigenvalue weighted by Gasteiger charge is 2.14. The third-order valence-electron chi connectivity index (χ3n) is 4.06. The molecule has 147 valence electrons. The van der Waals surface area contributed by atoms with Crippen molar-refractivity contribution in [3.63, 3.8) is 0 Å². The first-order valence-electron chi connectivity index (χ1n) is 9.02. The second-order valence-corrected chi connectivity index (χ2v) is 6.33. The van der Waals surface area contributed by atoms with Crippen molar-refractivity contribution in [1.29, 1.82) is 0 Å². The summed E-state index contributed by atoms with van der Waals surface area (Å²) in [5, 5.41) is 5.32. The lowest BCUT2D eigenvalue weighted by molar-refractivity contribution is -0.782. The van der Waals surface area contributed by atoms with Crippen LogP contribution in [0.2, 0.25) is 0 Å². The van der Waals surface area contributed by atoms with Gasteiger partial charge in [0.25, 0.3) is 0 Å². The lowest BCUT2D eigenvalue weighted by Gasteiger charge is -2.32. The highest BCUT2D eigenvalue weighted by molar-refractivity contribution is 5.95. The molecule has 2 aromatic carbocycles. The van der Waals surface area contributed by atoms with Crippen molar-refractivity contribution in [2.45, 2.75) is 19.3 Å². The number of carbonyl (C=O) groups is 2. The Kier molecular flexibility index (Phi) is 8.87. The molecule has 0 fully saturated rings. The van der Waals surface area contributed by atoms with Crippen LogP contribution >= 0.6 is 0 Å². The van der Waals surface area contributed by atoms with Crippen LogP contribution in [0.1, 0.15) is 11.1 Å². The fraction of sp³-hybridized carbons (Fsp3) is 0.300. The summed E-state index contributed by atoms with van der Waals surface area (Å²) < 4.78 is 10.3. The van der Waals surface area contributed by atoms with E-state index in [1.807, 2.05) is 60.7 Å². The number of hydrogen-bond acceptors (Lipinski definition) is 4. The zero-order valence-electron chi connectivity index (χ0n) is 15.9. The molecule has 0 bridgehead atoms. The van der Waals surface area contributed by atoms with Crippen molar-refractivity contribution in [2.75, 3.05) is 20.1 Å². The Hall–Kier alpha value is -3.00. The summed E-state index contributed by atoms with van der Waals surface area (Å²) in [5.41, 5.74) is 1.80. The van der Waals surface area contributed by atoms with Crippen LogP contribution in [0, 0.1) is 0 Å². The topological polar surface area (TPSA) is 81.1 Å². The van der Waals surface area contributed by atoms with Gasteiger partial charge >= 0.3 is 12.2 Å². The van der Waals surface area contributed by atoms with Crippen LogP contribution in [0.25, 0.3) is 0 Å². The van der Waals surface area contributed by atoms with Gasteiger partial charge in [0.2, 0.25) is 0 Å². The summed E-state index contributed by atoms with van der Waals surface area (Å²) >= 11 is 0. The van der Waals surface area contributed by atoms with E-state index in [1.54, 1.807) is 7.05 Å². The molecule has 0 aromatic heterocycles. The maximum Gasteiger partial charge on any atom is 0.407 e. The van der Waals surface area contributed by atoms with Crippen LogP contribution in [-0.4, -0.2) is 46.3 Å². The maximum absolute atomic E-state index is 11.8. The van der Waals surface area contributed by atoms with E-state index in [2.05, 4.69) is 10.6 Å². The van der Waals surface area contributed by atoms with Crippen LogP contribution in [-0.2, 0) is 22.7 Å². The Morgan fingerprint density at radius 3 is 1.61 bits per heavy atom. The summed E-state index contributed by atoms with van der Waals surface area (Å²) in [5.74, 6) is 0. The van der Waals surface area contributed by atoms with E-state index in [-0.39, 0.29) is 32.3 Å². The maximum atomic E-state index is 11.8. The van der Waals surface area contributed by atoms with Crippen molar-refractivity contribution < 1.29 is 23.9 Å². The number of likely N-dealkylation sites (N-methyl/N-ethyl adjacent to an activating group) is 1. The molecular weight excluding hydrogens is 357 g/mol. The Morgan fingerprint density at radius 2 is 1.25 bits per heavy atom. The predicted octanol–water partition coefficient (Wildman–Crippen LogP) is 0.806. The predicted molar refractivity (Wildman–Crippen MR) is 106 cm³/mol. The van der Waals surface area contributed by atoms with Gasteiger partial charge in [-0.25, -0.2) is 17.6 Å². The van der Waals surface area contributed by atoms with Gasteiger partial charge in [-0.1, -0.05) is 60.7 Å². The van der Waals surface area contributed by atoms with E-state index in [0.717, 1.165) is 11.1 Å². The smallest absolute Gasteiger partial charge is 0.407 e. The number of amides is 2. The van der Waals surface area contributed by atoms with Crippen LogP contribution in [0.15, 0.2) is 60.7 Å². The molecule has 0 aliphatic carbocycles. The monoisotopic (exact) mass is 382 g/mol. The number of nitrogens with one attached hydrogen (secondary N) is 3.